The fourth-order valence-electron chi connectivity index (χ4n) is 3.63. The summed E-state index contributed by atoms with van der Waals surface area (Å²) >= 11 is 0. The van der Waals surface area contributed by atoms with Gasteiger partial charge in [-0.05, 0) is 66.9 Å². The predicted molar refractivity (Wildman–Crippen MR) is 114 cm³/mol. The topological polar surface area (TPSA) is 57.8 Å². The molecule has 1 amide bonds. The van der Waals surface area contributed by atoms with E-state index in [1.807, 2.05) is 12.1 Å². The molecule has 0 fully saturated rings. The number of hydrogen-bond donors (Lipinski definition) is 2. The molecule has 0 aliphatic heterocycles. The number of anilines is 1. The molecule has 2 aromatic carbocycles. The van der Waals surface area contributed by atoms with Gasteiger partial charge in [-0.3, -0.25) is 9.78 Å². The van der Waals surface area contributed by atoms with Crippen LogP contribution >= 0.6 is 0 Å². The van der Waals surface area contributed by atoms with Gasteiger partial charge in [0.1, 0.15) is 5.82 Å². The maximum absolute atomic E-state index is 13.9. The Bertz CT molecular complexity index is 1250. The van der Waals surface area contributed by atoms with E-state index in [0.29, 0.717) is 23.9 Å². The summed E-state index contributed by atoms with van der Waals surface area (Å²) in [6.07, 6.45) is -1.83. The maximum atomic E-state index is 13.9. The molecule has 0 unspecified atom stereocenters. The number of H-pyrrole nitrogens is 1. The van der Waals surface area contributed by atoms with Crippen molar-refractivity contribution in [2.75, 3.05) is 5.32 Å². The van der Waals surface area contributed by atoms with Gasteiger partial charge in [-0.2, -0.15) is 13.2 Å². The van der Waals surface area contributed by atoms with Crippen molar-refractivity contribution in [3.05, 3.63) is 83.8 Å². The molecule has 0 saturated carbocycles. The molecule has 4 nitrogen and oxygen atoms in total. The Labute approximate surface area is 181 Å². The highest BCUT2D eigenvalue weighted by atomic mass is 19.4. The second-order valence-corrected chi connectivity index (χ2v) is 7.36. The first-order chi connectivity index (χ1) is 15.3. The Morgan fingerprint density at radius 1 is 1.03 bits per heavy atom. The van der Waals surface area contributed by atoms with Crippen LogP contribution in [0, 0.1) is 5.82 Å². The number of halogens is 4. The molecular weight excluding hydrogens is 422 g/mol. The SMILES string of the molecule is O=C(CCCc1c(-c2ccccn2)[nH]c2ccc(F)cc12)Nc1cccc(C(F)(F)F)c1. The molecule has 0 aliphatic carbocycles. The first-order valence-corrected chi connectivity index (χ1v) is 10.00. The van der Waals surface area contributed by atoms with Crippen molar-refractivity contribution in [3.63, 3.8) is 0 Å². The largest absolute Gasteiger partial charge is 0.416 e. The quantitative estimate of drug-likeness (QED) is 0.343. The predicted octanol–water partition coefficient (Wildman–Crippen LogP) is 6.35. The van der Waals surface area contributed by atoms with E-state index in [1.54, 1.807) is 18.3 Å². The number of carbonyl (C=O) groups excluding carboxylic acids is 1. The van der Waals surface area contributed by atoms with Gasteiger partial charge >= 0.3 is 6.18 Å². The molecule has 0 bridgehead atoms. The smallest absolute Gasteiger partial charge is 0.353 e. The molecule has 8 heteroatoms. The summed E-state index contributed by atoms with van der Waals surface area (Å²) in [6, 6.07) is 14.5. The number of nitrogens with one attached hydrogen (secondary N) is 2. The second kappa shape index (κ2) is 8.82. The van der Waals surface area contributed by atoms with E-state index in [2.05, 4.69) is 15.3 Å². The van der Waals surface area contributed by atoms with Crippen LogP contribution in [0.2, 0.25) is 0 Å². The maximum Gasteiger partial charge on any atom is 0.416 e. The average molecular weight is 441 g/mol. The number of benzene rings is 2. The first-order valence-electron chi connectivity index (χ1n) is 10.00. The number of hydrogen-bond acceptors (Lipinski definition) is 2. The van der Waals surface area contributed by atoms with Gasteiger partial charge in [-0.1, -0.05) is 12.1 Å². The van der Waals surface area contributed by atoms with E-state index < -0.39 is 17.6 Å². The number of rotatable bonds is 6. The molecule has 2 aromatic heterocycles. The highest BCUT2D eigenvalue weighted by molar-refractivity contribution is 5.92. The van der Waals surface area contributed by atoms with Crippen molar-refractivity contribution in [2.45, 2.75) is 25.4 Å². The van der Waals surface area contributed by atoms with Crippen LogP contribution in [0.1, 0.15) is 24.0 Å². The number of amides is 1. The van der Waals surface area contributed by atoms with Gasteiger partial charge in [0.2, 0.25) is 5.91 Å². The van der Waals surface area contributed by atoms with E-state index in [9.17, 15) is 22.4 Å². The zero-order valence-electron chi connectivity index (χ0n) is 16.8. The monoisotopic (exact) mass is 441 g/mol. The van der Waals surface area contributed by atoms with Crippen LogP contribution < -0.4 is 5.32 Å². The minimum Gasteiger partial charge on any atom is -0.353 e. The Morgan fingerprint density at radius 2 is 1.88 bits per heavy atom. The highest BCUT2D eigenvalue weighted by Crippen LogP contribution is 2.32. The first kappa shape index (κ1) is 21.5. The number of aromatic nitrogens is 2. The third kappa shape index (κ3) is 4.80. The summed E-state index contributed by atoms with van der Waals surface area (Å²) in [6.45, 7) is 0. The van der Waals surface area contributed by atoms with E-state index in [4.69, 9.17) is 0 Å². The molecule has 4 aromatic rings. The molecule has 0 radical (unpaired) electrons. The van der Waals surface area contributed by atoms with Crippen LogP contribution in [-0.4, -0.2) is 15.9 Å². The molecule has 4 rings (SSSR count). The number of aromatic amines is 1. The van der Waals surface area contributed by atoms with E-state index in [0.717, 1.165) is 28.9 Å². The molecule has 2 N–H and O–H groups in total. The van der Waals surface area contributed by atoms with E-state index >= 15 is 0 Å². The third-order valence-corrected chi connectivity index (χ3v) is 5.09. The van der Waals surface area contributed by atoms with Gasteiger partial charge < -0.3 is 10.3 Å². The summed E-state index contributed by atoms with van der Waals surface area (Å²) in [5.74, 6) is -0.762. The van der Waals surface area contributed by atoms with Crippen molar-refractivity contribution in [3.8, 4) is 11.4 Å². The van der Waals surface area contributed by atoms with Crippen molar-refractivity contribution in [2.24, 2.45) is 0 Å². The van der Waals surface area contributed by atoms with Crippen LogP contribution in [0.5, 0.6) is 0 Å². The van der Waals surface area contributed by atoms with E-state index in [1.165, 1.54) is 24.3 Å². The molecular formula is C24H19F4N3O. The second-order valence-electron chi connectivity index (χ2n) is 7.36. The summed E-state index contributed by atoms with van der Waals surface area (Å²) < 4.78 is 52.4. The lowest BCUT2D eigenvalue weighted by molar-refractivity contribution is -0.137. The lowest BCUT2D eigenvalue weighted by atomic mass is 10.0. The minimum absolute atomic E-state index is 0.0909. The third-order valence-electron chi connectivity index (χ3n) is 5.09. The molecule has 0 atom stereocenters. The highest BCUT2D eigenvalue weighted by Gasteiger charge is 2.30. The number of aryl methyl sites for hydroxylation is 1. The van der Waals surface area contributed by atoms with Crippen molar-refractivity contribution >= 4 is 22.5 Å². The molecule has 164 valence electrons. The van der Waals surface area contributed by atoms with Crippen LogP contribution in [0.15, 0.2) is 66.9 Å². The normalized spacial score (nSPS) is 11.6. The van der Waals surface area contributed by atoms with Crippen LogP contribution in [-0.2, 0) is 17.4 Å². The van der Waals surface area contributed by atoms with Gasteiger partial charge in [0.05, 0.1) is 17.0 Å². The van der Waals surface area contributed by atoms with Gasteiger partial charge in [-0.25, -0.2) is 4.39 Å². The van der Waals surface area contributed by atoms with Gasteiger partial charge in [0.25, 0.3) is 0 Å². The number of nitrogens with zero attached hydrogens (tertiary/aromatic N) is 1. The fraction of sp³-hybridized carbons (Fsp3) is 0.167. The van der Waals surface area contributed by atoms with Gasteiger partial charge in [0, 0.05) is 29.2 Å². The standard InChI is InChI=1S/C24H19F4N3O/c25-16-10-11-20-19(14-16)18(23(31-20)21-8-1-2-12-29-21)7-4-9-22(32)30-17-6-3-5-15(13-17)24(26,27)28/h1-3,5-6,8,10-14,31H,4,7,9H2,(H,30,32). The van der Waals surface area contributed by atoms with Crippen LogP contribution in [0.4, 0.5) is 23.2 Å². The molecule has 0 spiro atoms. The van der Waals surface area contributed by atoms with E-state index in [-0.39, 0.29) is 17.9 Å². The van der Waals surface area contributed by atoms with Gasteiger partial charge in [-0.15, -0.1) is 0 Å². The summed E-state index contributed by atoms with van der Waals surface area (Å²) in [5, 5.41) is 3.22. The minimum atomic E-state index is -4.48. The number of alkyl halides is 3. The van der Waals surface area contributed by atoms with Crippen LogP contribution in [0.25, 0.3) is 22.3 Å². The van der Waals surface area contributed by atoms with Gasteiger partial charge in [0.15, 0.2) is 0 Å². The number of carbonyl (C=O) groups is 1. The average Bonchev–Trinajstić information content (AvgIpc) is 3.12. The molecule has 32 heavy (non-hydrogen) atoms. The Hall–Kier alpha value is -3.68. The molecule has 0 saturated heterocycles. The zero-order valence-corrected chi connectivity index (χ0v) is 16.8. The summed E-state index contributed by atoms with van der Waals surface area (Å²) in [4.78, 5) is 19.9. The number of fused-ring (bicyclic) bond motifs is 1. The summed E-state index contributed by atoms with van der Waals surface area (Å²) in [5.41, 5.74) is 2.32. The Balaban J connectivity index is 1.49. The Kier molecular flexibility index (Phi) is 5.94. The van der Waals surface area contributed by atoms with Crippen molar-refractivity contribution < 1.29 is 22.4 Å². The number of pyridine rings is 1. The Morgan fingerprint density at radius 3 is 2.62 bits per heavy atom. The molecule has 0 aliphatic rings. The fourth-order valence-corrected chi connectivity index (χ4v) is 3.63. The summed E-state index contributed by atoms with van der Waals surface area (Å²) in [7, 11) is 0. The van der Waals surface area contributed by atoms with Crippen molar-refractivity contribution in [1.82, 2.24) is 9.97 Å². The van der Waals surface area contributed by atoms with Crippen molar-refractivity contribution in [1.29, 1.82) is 0 Å². The lowest BCUT2D eigenvalue weighted by Crippen LogP contribution is -2.13. The van der Waals surface area contributed by atoms with Crippen LogP contribution in [0.3, 0.4) is 0 Å². The zero-order chi connectivity index (χ0) is 22.7. The molecule has 2 heterocycles. The lowest BCUT2D eigenvalue weighted by Gasteiger charge is -2.10.